The summed E-state index contributed by atoms with van der Waals surface area (Å²) >= 11 is 1.85. The molecule has 4 heterocycles. The molecule has 0 amide bonds. The number of hydrogen-bond acceptors (Lipinski definition) is 5. The minimum Gasteiger partial charge on any atom is -0.457 e. The predicted molar refractivity (Wildman–Crippen MR) is 212 cm³/mol. The van der Waals surface area contributed by atoms with Crippen LogP contribution in [-0.4, -0.2) is 21.8 Å². The minimum atomic E-state index is -0.00761. The van der Waals surface area contributed by atoms with Crippen molar-refractivity contribution >= 4 is 70.4 Å². The van der Waals surface area contributed by atoms with Crippen molar-refractivity contribution in [2.75, 3.05) is 16.5 Å². The Hall–Kier alpha value is -5.33. The number of anilines is 3. The van der Waals surface area contributed by atoms with Crippen molar-refractivity contribution in [2.24, 2.45) is 0 Å². The normalized spacial score (nSPS) is 13.6. The van der Waals surface area contributed by atoms with Crippen molar-refractivity contribution in [3.05, 3.63) is 127 Å². The third kappa shape index (κ3) is 4.92. The van der Waals surface area contributed by atoms with E-state index in [1.165, 1.54) is 47.9 Å². The van der Waals surface area contributed by atoms with Gasteiger partial charge in [0.15, 0.2) is 0 Å². The Labute approximate surface area is 297 Å². The van der Waals surface area contributed by atoms with Crippen LogP contribution in [0, 0.1) is 0 Å². The summed E-state index contributed by atoms with van der Waals surface area (Å²) in [5, 5.41) is 5.03. The van der Waals surface area contributed by atoms with E-state index in [1.807, 2.05) is 23.6 Å². The Morgan fingerprint density at radius 3 is 2.24 bits per heavy atom. The van der Waals surface area contributed by atoms with Gasteiger partial charge in [0, 0.05) is 60.5 Å². The van der Waals surface area contributed by atoms with Gasteiger partial charge in [0.2, 0.25) is 0 Å². The first-order valence-corrected chi connectivity index (χ1v) is 18.1. The van der Waals surface area contributed by atoms with Gasteiger partial charge in [0.05, 0.1) is 29.1 Å². The van der Waals surface area contributed by atoms with Crippen LogP contribution >= 0.6 is 11.3 Å². The second kappa shape index (κ2) is 11.1. The molecule has 0 atom stereocenters. The highest BCUT2D eigenvalue weighted by molar-refractivity contribution is 7.26. The Morgan fingerprint density at radius 1 is 0.640 bits per heavy atom. The highest BCUT2D eigenvalue weighted by Crippen LogP contribution is 2.46. The van der Waals surface area contributed by atoms with Crippen LogP contribution in [0.1, 0.15) is 47.1 Å². The third-order valence-electron chi connectivity index (χ3n) is 10.0. The molecule has 3 aromatic heterocycles. The molecular weight excluding hydrogens is 633 g/mol. The molecule has 9 rings (SSSR count). The number of aromatic nitrogens is 2. The maximum Gasteiger partial charge on any atom is 0.137 e. The molecule has 8 aromatic rings. The SMILES string of the molecule is CC(C)(C)c1ccnc(-n2c3cc(Oc4cccc(N5CN(C(C)(C)C)c6ccccc65)c4)ccc3c3c4c(ccc32)sc2ccccc24)c1. The molecule has 6 heteroatoms. The summed E-state index contributed by atoms with van der Waals surface area (Å²) in [4.78, 5) is 9.78. The van der Waals surface area contributed by atoms with E-state index in [0.29, 0.717) is 0 Å². The highest BCUT2D eigenvalue weighted by Gasteiger charge is 2.33. The Bertz CT molecular complexity index is 2600. The predicted octanol–water partition coefficient (Wildman–Crippen LogP) is 12.4. The number of ether oxygens (including phenoxy) is 1. The van der Waals surface area contributed by atoms with Crippen molar-refractivity contribution in [2.45, 2.75) is 52.5 Å². The molecule has 0 saturated carbocycles. The summed E-state index contributed by atoms with van der Waals surface area (Å²) in [7, 11) is 0. The summed E-state index contributed by atoms with van der Waals surface area (Å²) in [6.07, 6.45) is 1.94. The first-order valence-electron chi connectivity index (χ1n) is 17.3. The van der Waals surface area contributed by atoms with Crippen LogP contribution in [0.5, 0.6) is 11.5 Å². The van der Waals surface area contributed by atoms with Crippen molar-refractivity contribution in [3.8, 4) is 17.3 Å². The van der Waals surface area contributed by atoms with E-state index in [1.54, 1.807) is 0 Å². The number of rotatable bonds is 4. The van der Waals surface area contributed by atoms with Gasteiger partial charge in [0.25, 0.3) is 0 Å². The quantitative estimate of drug-likeness (QED) is 0.186. The number of hydrogen-bond donors (Lipinski definition) is 0. The third-order valence-corrected chi connectivity index (χ3v) is 11.1. The monoisotopic (exact) mass is 672 g/mol. The molecule has 0 radical (unpaired) electrons. The maximum absolute atomic E-state index is 6.70. The number of benzene rings is 5. The Kier molecular flexibility index (Phi) is 6.81. The molecule has 5 aromatic carbocycles. The maximum atomic E-state index is 6.70. The lowest BCUT2D eigenvalue weighted by Gasteiger charge is -2.34. The van der Waals surface area contributed by atoms with Gasteiger partial charge >= 0.3 is 0 Å². The second-order valence-corrected chi connectivity index (χ2v) is 16.4. The van der Waals surface area contributed by atoms with Crippen LogP contribution in [0.3, 0.4) is 0 Å². The zero-order valence-corrected chi connectivity index (χ0v) is 30.2. The van der Waals surface area contributed by atoms with E-state index in [-0.39, 0.29) is 11.0 Å². The fourth-order valence-corrected chi connectivity index (χ4v) is 8.59. The van der Waals surface area contributed by atoms with Crippen molar-refractivity contribution < 1.29 is 4.74 Å². The fourth-order valence-electron chi connectivity index (χ4n) is 7.48. The number of nitrogens with zero attached hydrogens (tertiary/aromatic N) is 4. The summed E-state index contributed by atoms with van der Waals surface area (Å²) in [6.45, 7) is 14.3. The molecule has 5 nitrogen and oxygen atoms in total. The van der Waals surface area contributed by atoms with Gasteiger partial charge < -0.3 is 14.5 Å². The van der Waals surface area contributed by atoms with Crippen molar-refractivity contribution in [1.29, 1.82) is 0 Å². The molecule has 0 fully saturated rings. The van der Waals surface area contributed by atoms with Gasteiger partial charge in [-0.1, -0.05) is 57.2 Å². The topological polar surface area (TPSA) is 33.5 Å². The lowest BCUT2D eigenvalue weighted by atomic mass is 9.88. The van der Waals surface area contributed by atoms with Gasteiger partial charge in [-0.3, -0.25) is 4.57 Å². The van der Waals surface area contributed by atoms with Gasteiger partial charge in [-0.2, -0.15) is 0 Å². The Balaban J connectivity index is 1.19. The van der Waals surface area contributed by atoms with Crippen LogP contribution in [0.4, 0.5) is 17.1 Å². The Morgan fingerprint density at radius 2 is 1.42 bits per heavy atom. The van der Waals surface area contributed by atoms with Crippen LogP contribution in [-0.2, 0) is 5.41 Å². The summed E-state index contributed by atoms with van der Waals surface area (Å²) in [6, 6.07) is 41.3. The number of para-hydroxylation sites is 2. The summed E-state index contributed by atoms with van der Waals surface area (Å²) < 4.78 is 11.6. The smallest absolute Gasteiger partial charge is 0.137 e. The van der Waals surface area contributed by atoms with Crippen LogP contribution in [0.2, 0.25) is 0 Å². The molecule has 0 bridgehead atoms. The summed E-state index contributed by atoms with van der Waals surface area (Å²) in [5.74, 6) is 2.50. The molecular formula is C44H40N4OS. The van der Waals surface area contributed by atoms with Crippen LogP contribution in [0.15, 0.2) is 121 Å². The largest absolute Gasteiger partial charge is 0.457 e. The van der Waals surface area contributed by atoms with E-state index < -0.39 is 0 Å². The molecule has 1 aliphatic rings. The first-order chi connectivity index (χ1) is 24.0. The lowest BCUT2D eigenvalue weighted by Crippen LogP contribution is -2.42. The molecule has 248 valence electrons. The molecule has 0 N–H and O–H groups in total. The van der Waals surface area contributed by atoms with Gasteiger partial charge in [-0.05, 0) is 98.5 Å². The number of pyridine rings is 1. The molecule has 0 aliphatic carbocycles. The van der Waals surface area contributed by atoms with Gasteiger partial charge in [-0.15, -0.1) is 11.3 Å². The first kappa shape index (κ1) is 30.7. The molecule has 1 aliphatic heterocycles. The van der Waals surface area contributed by atoms with Gasteiger partial charge in [0.1, 0.15) is 17.3 Å². The molecule has 0 spiro atoms. The summed E-state index contributed by atoms with van der Waals surface area (Å²) in [5.41, 5.74) is 7.02. The van der Waals surface area contributed by atoms with Gasteiger partial charge in [-0.25, -0.2) is 4.98 Å². The lowest BCUT2D eigenvalue weighted by molar-refractivity contribution is 0.483. The molecule has 0 unspecified atom stereocenters. The fraction of sp³-hybridized carbons (Fsp3) is 0.205. The minimum absolute atomic E-state index is 0.00499. The van der Waals surface area contributed by atoms with Crippen LogP contribution in [0.25, 0.3) is 47.8 Å². The number of fused-ring (bicyclic) bond motifs is 8. The molecule has 0 saturated heterocycles. The van der Waals surface area contributed by atoms with E-state index in [2.05, 4.69) is 165 Å². The zero-order chi connectivity index (χ0) is 34.4. The van der Waals surface area contributed by atoms with Crippen molar-refractivity contribution in [3.63, 3.8) is 0 Å². The average molecular weight is 673 g/mol. The number of thiophene rings is 1. The zero-order valence-electron chi connectivity index (χ0n) is 29.4. The van der Waals surface area contributed by atoms with E-state index in [9.17, 15) is 0 Å². The van der Waals surface area contributed by atoms with Crippen LogP contribution < -0.4 is 14.5 Å². The van der Waals surface area contributed by atoms with E-state index in [0.717, 1.165) is 40.7 Å². The van der Waals surface area contributed by atoms with Crippen molar-refractivity contribution in [1.82, 2.24) is 9.55 Å². The highest BCUT2D eigenvalue weighted by atomic mass is 32.1. The van der Waals surface area contributed by atoms with E-state index >= 15 is 0 Å². The second-order valence-electron chi connectivity index (χ2n) is 15.4. The standard InChI is InChI=1S/C44H40N4OS/c1-43(2,3)28-22-23-45-40(24-28)48-36-20-21-39-42(33-14-7-10-17-38(33)50-39)41(36)32-19-18-31(26-37(32)48)49-30-13-11-12-29(25-30)46-27-47(44(4,5)6)35-16-9-8-15-34(35)46/h7-26H,27H2,1-6H3. The average Bonchev–Trinajstić information content (AvgIpc) is 3.77. The van der Waals surface area contributed by atoms with E-state index in [4.69, 9.17) is 9.72 Å². The molecule has 50 heavy (non-hydrogen) atoms.